The van der Waals surface area contributed by atoms with Gasteiger partial charge in [0.15, 0.2) is 0 Å². The SMILES string of the molecule is CCC(Nc1nnc(C(C)(C)C)o1)c1ccnn1C. The monoisotopic (exact) mass is 263 g/mol. The molecule has 6 nitrogen and oxygen atoms in total. The van der Waals surface area contributed by atoms with Gasteiger partial charge in [0, 0.05) is 18.7 Å². The molecule has 0 aliphatic carbocycles. The van der Waals surface area contributed by atoms with Crippen molar-refractivity contribution < 1.29 is 4.42 Å². The van der Waals surface area contributed by atoms with Crippen LogP contribution in [0.1, 0.15) is 51.7 Å². The third kappa shape index (κ3) is 2.94. The fraction of sp³-hybridized carbons (Fsp3) is 0.615. The molecule has 0 saturated carbocycles. The Hall–Kier alpha value is -1.85. The second kappa shape index (κ2) is 5.03. The lowest BCUT2D eigenvalue weighted by atomic mass is 9.97. The third-order valence-electron chi connectivity index (χ3n) is 2.99. The van der Waals surface area contributed by atoms with E-state index >= 15 is 0 Å². The average Bonchev–Trinajstić information content (AvgIpc) is 2.94. The fourth-order valence-corrected chi connectivity index (χ4v) is 1.84. The van der Waals surface area contributed by atoms with Crippen LogP contribution in [0.25, 0.3) is 0 Å². The van der Waals surface area contributed by atoms with E-state index in [1.54, 1.807) is 6.20 Å². The third-order valence-corrected chi connectivity index (χ3v) is 2.99. The molecule has 0 amide bonds. The predicted octanol–water partition coefficient (Wildman–Crippen LogP) is 2.66. The predicted molar refractivity (Wildman–Crippen MR) is 72.9 cm³/mol. The van der Waals surface area contributed by atoms with Crippen molar-refractivity contribution in [1.29, 1.82) is 0 Å². The quantitative estimate of drug-likeness (QED) is 0.918. The molecule has 2 aromatic heterocycles. The minimum absolute atomic E-state index is 0.112. The maximum absolute atomic E-state index is 5.66. The van der Waals surface area contributed by atoms with Crippen molar-refractivity contribution >= 4 is 6.01 Å². The number of aryl methyl sites for hydroxylation is 1. The van der Waals surface area contributed by atoms with E-state index in [1.807, 2.05) is 38.6 Å². The molecule has 0 spiro atoms. The van der Waals surface area contributed by atoms with E-state index in [-0.39, 0.29) is 11.5 Å². The Kier molecular flexibility index (Phi) is 3.59. The van der Waals surface area contributed by atoms with Crippen LogP contribution in [0.3, 0.4) is 0 Å². The van der Waals surface area contributed by atoms with Crippen molar-refractivity contribution in [3.63, 3.8) is 0 Å². The molecular formula is C13H21N5O. The van der Waals surface area contributed by atoms with Gasteiger partial charge in [0.25, 0.3) is 0 Å². The van der Waals surface area contributed by atoms with E-state index in [0.29, 0.717) is 11.9 Å². The Labute approximate surface area is 113 Å². The molecule has 0 aromatic carbocycles. The molecule has 0 bridgehead atoms. The molecule has 2 rings (SSSR count). The molecule has 2 aromatic rings. The number of anilines is 1. The molecule has 1 N–H and O–H groups in total. The van der Waals surface area contributed by atoms with Crippen LogP contribution >= 0.6 is 0 Å². The van der Waals surface area contributed by atoms with E-state index in [2.05, 4.69) is 27.5 Å². The second-order valence-electron chi connectivity index (χ2n) is 5.65. The van der Waals surface area contributed by atoms with E-state index in [1.165, 1.54) is 0 Å². The number of rotatable bonds is 4. The van der Waals surface area contributed by atoms with Crippen LogP contribution in [0.2, 0.25) is 0 Å². The van der Waals surface area contributed by atoms with E-state index < -0.39 is 0 Å². The molecule has 0 fully saturated rings. The Morgan fingerprint density at radius 1 is 1.37 bits per heavy atom. The first-order valence-corrected chi connectivity index (χ1v) is 6.50. The minimum atomic E-state index is -0.138. The highest BCUT2D eigenvalue weighted by Crippen LogP contribution is 2.25. The molecule has 19 heavy (non-hydrogen) atoms. The summed E-state index contributed by atoms with van der Waals surface area (Å²) in [6.45, 7) is 8.24. The highest BCUT2D eigenvalue weighted by atomic mass is 16.4. The van der Waals surface area contributed by atoms with Gasteiger partial charge >= 0.3 is 6.01 Å². The molecule has 1 atom stereocenters. The summed E-state index contributed by atoms with van der Waals surface area (Å²) in [5.74, 6) is 0.634. The fourth-order valence-electron chi connectivity index (χ4n) is 1.84. The number of aromatic nitrogens is 4. The summed E-state index contributed by atoms with van der Waals surface area (Å²) in [7, 11) is 1.92. The molecule has 1 unspecified atom stereocenters. The lowest BCUT2D eigenvalue weighted by Crippen LogP contribution is -2.14. The summed E-state index contributed by atoms with van der Waals surface area (Å²) >= 11 is 0. The smallest absolute Gasteiger partial charge is 0.316 e. The Morgan fingerprint density at radius 2 is 2.11 bits per heavy atom. The van der Waals surface area contributed by atoms with Gasteiger partial charge in [-0.3, -0.25) is 4.68 Å². The molecule has 104 valence electrons. The topological polar surface area (TPSA) is 68.8 Å². The average molecular weight is 263 g/mol. The summed E-state index contributed by atoms with van der Waals surface area (Å²) in [4.78, 5) is 0. The zero-order valence-electron chi connectivity index (χ0n) is 12.1. The van der Waals surface area contributed by atoms with E-state index in [4.69, 9.17) is 4.42 Å². The Morgan fingerprint density at radius 3 is 2.58 bits per heavy atom. The first kappa shape index (κ1) is 13.6. The van der Waals surface area contributed by atoms with Gasteiger partial charge in [-0.25, -0.2) is 0 Å². The first-order valence-electron chi connectivity index (χ1n) is 6.50. The van der Waals surface area contributed by atoms with Gasteiger partial charge in [0.1, 0.15) is 0 Å². The van der Waals surface area contributed by atoms with Crippen molar-refractivity contribution in [2.45, 2.75) is 45.6 Å². The van der Waals surface area contributed by atoms with Crippen molar-refractivity contribution in [3.05, 3.63) is 23.8 Å². The van der Waals surface area contributed by atoms with Crippen molar-refractivity contribution in [1.82, 2.24) is 20.0 Å². The Bertz CT molecular complexity index is 537. The summed E-state index contributed by atoms with van der Waals surface area (Å²) < 4.78 is 7.50. The Balaban J connectivity index is 2.16. The van der Waals surface area contributed by atoms with Crippen LogP contribution in [0.4, 0.5) is 6.01 Å². The van der Waals surface area contributed by atoms with Gasteiger partial charge in [-0.15, -0.1) is 5.10 Å². The minimum Gasteiger partial charge on any atom is -0.408 e. The normalized spacial score (nSPS) is 13.5. The van der Waals surface area contributed by atoms with Gasteiger partial charge in [-0.1, -0.05) is 32.8 Å². The zero-order valence-corrected chi connectivity index (χ0v) is 12.1. The molecule has 2 heterocycles. The number of hydrogen-bond donors (Lipinski definition) is 1. The van der Waals surface area contributed by atoms with Gasteiger partial charge in [-0.05, 0) is 12.5 Å². The summed E-state index contributed by atoms with van der Waals surface area (Å²) in [5.41, 5.74) is 0.958. The van der Waals surface area contributed by atoms with Crippen LogP contribution in [0, 0.1) is 0 Å². The lowest BCUT2D eigenvalue weighted by Gasteiger charge is -2.16. The lowest BCUT2D eigenvalue weighted by molar-refractivity contribution is 0.396. The van der Waals surface area contributed by atoms with Crippen molar-refractivity contribution in [2.24, 2.45) is 7.05 Å². The molecule has 6 heteroatoms. The zero-order chi connectivity index (χ0) is 14.0. The van der Waals surface area contributed by atoms with Crippen LogP contribution in [-0.4, -0.2) is 20.0 Å². The van der Waals surface area contributed by atoms with E-state index in [0.717, 1.165) is 12.1 Å². The summed E-state index contributed by atoms with van der Waals surface area (Å²) in [6.07, 6.45) is 2.70. The summed E-state index contributed by atoms with van der Waals surface area (Å²) in [5, 5.41) is 15.6. The first-order chi connectivity index (χ1) is 8.91. The molecular weight excluding hydrogens is 242 g/mol. The van der Waals surface area contributed by atoms with Crippen LogP contribution < -0.4 is 5.32 Å². The largest absolute Gasteiger partial charge is 0.408 e. The molecule has 0 aliphatic heterocycles. The van der Waals surface area contributed by atoms with Gasteiger partial charge in [0.05, 0.1) is 11.7 Å². The number of nitrogens with zero attached hydrogens (tertiary/aromatic N) is 4. The molecule has 0 saturated heterocycles. The van der Waals surface area contributed by atoms with Gasteiger partial charge < -0.3 is 9.73 Å². The maximum Gasteiger partial charge on any atom is 0.316 e. The highest BCUT2D eigenvalue weighted by Gasteiger charge is 2.23. The summed E-state index contributed by atoms with van der Waals surface area (Å²) in [6, 6.07) is 2.56. The van der Waals surface area contributed by atoms with Crippen LogP contribution in [0.5, 0.6) is 0 Å². The highest BCUT2D eigenvalue weighted by molar-refractivity contribution is 5.25. The standard InChI is InChI=1S/C13H21N5O/c1-6-9(10-7-8-14-18(10)5)15-12-17-16-11(19-12)13(2,3)4/h7-9H,6H2,1-5H3,(H,15,17). The molecule has 0 aliphatic rings. The number of hydrogen-bond acceptors (Lipinski definition) is 5. The van der Waals surface area contributed by atoms with E-state index in [9.17, 15) is 0 Å². The van der Waals surface area contributed by atoms with Crippen LogP contribution in [0.15, 0.2) is 16.7 Å². The van der Waals surface area contributed by atoms with Gasteiger partial charge in [-0.2, -0.15) is 5.10 Å². The van der Waals surface area contributed by atoms with Crippen LogP contribution in [-0.2, 0) is 12.5 Å². The van der Waals surface area contributed by atoms with Gasteiger partial charge in [0.2, 0.25) is 5.89 Å². The molecule has 0 radical (unpaired) electrons. The van der Waals surface area contributed by atoms with Crippen molar-refractivity contribution in [3.8, 4) is 0 Å². The second-order valence-corrected chi connectivity index (χ2v) is 5.65. The van der Waals surface area contributed by atoms with Crippen molar-refractivity contribution in [2.75, 3.05) is 5.32 Å². The number of nitrogens with one attached hydrogen (secondary N) is 1. The maximum atomic E-state index is 5.66.